The van der Waals surface area contributed by atoms with Crippen LogP contribution in [0, 0.1) is 6.92 Å². The second kappa shape index (κ2) is 7.98. The zero-order valence-electron chi connectivity index (χ0n) is 14.5. The molecule has 0 aliphatic carbocycles. The monoisotopic (exact) mass is 340 g/mol. The summed E-state index contributed by atoms with van der Waals surface area (Å²) in [5, 5.41) is 2.84. The fourth-order valence-electron chi connectivity index (χ4n) is 3.04. The summed E-state index contributed by atoms with van der Waals surface area (Å²) in [6.07, 6.45) is 0. The number of nitrogens with zero attached hydrogens (tertiary/aromatic N) is 2. The Morgan fingerprint density at radius 1 is 1.08 bits per heavy atom. The molecular weight excluding hydrogens is 316 g/mol. The van der Waals surface area contributed by atoms with Crippen LogP contribution in [0.3, 0.4) is 0 Å². The number of H-pyrrole nitrogens is 1. The van der Waals surface area contributed by atoms with Crippen molar-refractivity contribution in [2.24, 2.45) is 0 Å². The highest BCUT2D eigenvalue weighted by Gasteiger charge is 2.17. The van der Waals surface area contributed by atoms with Crippen molar-refractivity contribution in [3.8, 4) is 0 Å². The quantitative estimate of drug-likeness (QED) is 0.859. The van der Waals surface area contributed by atoms with Crippen LogP contribution >= 0.6 is 0 Å². The lowest BCUT2D eigenvalue weighted by Gasteiger charge is -2.36. The molecule has 0 atom stereocenters. The van der Waals surface area contributed by atoms with E-state index in [4.69, 9.17) is 0 Å². The van der Waals surface area contributed by atoms with Gasteiger partial charge in [-0.3, -0.25) is 14.5 Å². The van der Waals surface area contributed by atoms with Crippen LogP contribution < -0.4 is 15.8 Å². The molecule has 0 bridgehead atoms. The molecule has 1 amide bonds. The molecule has 1 aliphatic rings. The number of aryl methyl sites for hydroxylation is 1. The molecule has 132 valence electrons. The van der Waals surface area contributed by atoms with Gasteiger partial charge in [0, 0.05) is 50.6 Å². The molecule has 0 unspecified atom stereocenters. The summed E-state index contributed by atoms with van der Waals surface area (Å²) in [5.74, 6) is -0.316. The smallest absolute Gasteiger partial charge is 0.260 e. The first-order chi connectivity index (χ1) is 12.1. The number of carbonyl (C=O) groups is 1. The van der Waals surface area contributed by atoms with E-state index in [9.17, 15) is 9.59 Å². The van der Waals surface area contributed by atoms with Crippen molar-refractivity contribution in [3.05, 3.63) is 64.1 Å². The lowest BCUT2D eigenvalue weighted by molar-refractivity contribution is 0.0946. The van der Waals surface area contributed by atoms with E-state index in [0.717, 1.165) is 38.4 Å². The third-order valence-electron chi connectivity index (χ3n) is 4.51. The Bertz CT molecular complexity index is 764. The lowest BCUT2D eigenvalue weighted by Crippen LogP contribution is -2.48. The van der Waals surface area contributed by atoms with Crippen LogP contribution in [-0.4, -0.2) is 55.1 Å². The van der Waals surface area contributed by atoms with Crippen LogP contribution in [0.1, 0.15) is 16.1 Å². The Balaban J connectivity index is 1.43. The highest BCUT2D eigenvalue weighted by Crippen LogP contribution is 2.15. The van der Waals surface area contributed by atoms with Gasteiger partial charge in [-0.15, -0.1) is 0 Å². The molecule has 0 saturated carbocycles. The van der Waals surface area contributed by atoms with Crippen molar-refractivity contribution in [1.29, 1.82) is 0 Å². The second-order valence-electron chi connectivity index (χ2n) is 6.30. The molecular formula is C19H24N4O2. The van der Waals surface area contributed by atoms with Gasteiger partial charge in [0.15, 0.2) is 0 Å². The van der Waals surface area contributed by atoms with E-state index in [-0.39, 0.29) is 17.0 Å². The van der Waals surface area contributed by atoms with Gasteiger partial charge in [0.2, 0.25) is 0 Å². The molecule has 0 radical (unpaired) electrons. The number of aromatic nitrogens is 1. The van der Waals surface area contributed by atoms with Gasteiger partial charge in [0.05, 0.1) is 0 Å². The molecule has 1 saturated heterocycles. The van der Waals surface area contributed by atoms with Gasteiger partial charge in [-0.2, -0.15) is 0 Å². The fourth-order valence-corrected chi connectivity index (χ4v) is 3.04. The summed E-state index contributed by atoms with van der Waals surface area (Å²) in [7, 11) is 0. The van der Waals surface area contributed by atoms with Crippen LogP contribution in [0.5, 0.6) is 0 Å². The fraction of sp³-hybridized carbons (Fsp3) is 0.368. The van der Waals surface area contributed by atoms with Gasteiger partial charge in [0.25, 0.3) is 11.5 Å². The third-order valence-corrected chi connectivity index (χ3v) is 4.51. The second-order valence-corrected chi connectivity index (χ2v) is 6.30. The van der Waals surface area contributed by atoms with Gasteiger partial charge in [0.1, 0.15) is 5.56 Å². The van der Waals surface area contributed by atoms with E-state index in [0.29, 0.717) is 6.54 Å². The number of piperazine rings is 1. The number of hydrogen-bond donors (Lipinski definition) is 2. The molecule has 25 heavy (non-hydrogen) atoms. The predicted molar refractivity (Wildman–Crippen MR) is 99.2 cm³/mol. The van der Waals surface area contributed by atoms with Crippen LogP contribution in [0.4, 0.5) is 5.69 Å². The molecule has 2 N–H and O–H groups in total. The average Bonchev–Trinajstić information content (AvgIpc) is 2.63. The number of rotatable bonds is 5. The number of nitrogens with one attached hydrogen (secondary N) is 2. The highest BCUT2D eigenvalue weighted by molar-refractivity contribution is 5.93. The van der Waals surface area contributed by atoms with E-state index >= 15 is 0 Å². The van der Waals surface area contributed by atoms with E-state index < -0.39 is 0 Å². The van der Waals surface area contributed by atoms with Crippen LogP contribution in [0.25, 0.3) is 0 Å². The average molecular weight is 340 g/mol. The molecule has 1 aromatic heterocycles. The summed E-state index contributed by atoms with van der Waals surface area (Å²) in [6.45, 7) is 7.02. The number of benzene rings is 1. The standard InChI is InChI=1S/C19H24N4O2/c1-15-7-8-17(19(25)21-15)18(24)20-9-10-22-11-13-23(14-12-22)16-5-3-2-4-6-16/h2-8H,9-14H2,1H3,(H,20,24)(H,21,25). The number of amides is 1. The van der Waals surface area contributed by atoms with Crippen molar-refractivity contribution in [3.63, 3.8) is 0 Å². The number of anilines is 1. The molecule has 2 heterocycles. The summed E-state index contributed by atoms with van der Waals surface area (Å²) >= 11 is 0. The van der Waals surface area contributed by atoms with Crippen LogP contribution in [0.15, 0.2) is 47.3 Å². The van der Waals surface area contributed by atoms with E-state index in [1.807, 2.05) is 6.07 Å². The minimum absolute atomic E-state index is 0.166. The Morgan fingerprint density at radius 2 is 1.80 bits per heavy atom. The minimum atomic E-state index is -0.339. The molecule has 6 heteroatoms. The number of aromatic amines is 1. The number of para-hydroxylation sites is 1. The molecule has 1 aromatic carbocycles. The lowest BCUT2D eigenvalue weighted by atomic mass is 10.2. The summed E-state index contributed by atoms with van der Waals surface area (Å²) in [6, 6.07) is 13.7. The molecule has 1 fully saturated rings. The van der Waals surface area contributed by atoms with Crippen LogP contribution in [0.2, 0.25) is 0 Å². The summed E-state index contributed by atoms with van der Waals surface area (Å²) < 4.78 is 0. The number of carbonyl (C=O) groups excluding carboxylic acids is 1. The zero-order chi connectivity index (χ0) is 17.6. The number of hydrogen-bond acceptors (Lipinski definition) is 4. The molecule has 0 spiro atoms. The predicted octanol–water partition coefficient (Wildman–Crippen LogP) is 1.24. The van der Waals surface area contributed by atoms with Gasteiger partial charge < -0.3 is 15.2 Å². The zero-order valence-corrected chi connectivity index (χ0v) is 14.5. The molecule has 2 aromatic rings. The number of pyridine rings is 1. The Hall–Kier alpha value is -2.60. The van der Waals surface area contributed by atoms with E-state index in [1.54, 1.807) is 19.1 Å². The first kappa shape index (κ1) is 17.2. The van der Waals surface area contributed by atoms with Crippen molar-refractivity contribution < 1.29 is 4.79 Å². The Morgan fingerprint density at radius 3 is 2.48 bits per heavy atom. The largest absolute Gasteiger partial charge is 0.369 e. The minimum Gasteiger partial charge on any atom is -0.369 e. The highest BCUT2D eigenvalue weighted by atomic mass is 16.2. The topological polar surface area (TPSA) is 68.4 Å². The maximum Gasteiger partial charge on any atom is 0.260 e. The van der Waals surface area contributed by atoms with Crippen molar-refractivity contribution in [1.82, 2.24) is 15.2 Å². The normalized spacial score (nSPS) is 15.2. The summed E-state index contributed by atoms with van der Waals surface area (Å²) in [5.41, 5.74) is 1.83. The Kier molecular flexibility index (Phi) is 5.50. The van der Waals surface area contributed by atoms with Crippen molar-refractivity contribution >= 4 is 11.6 Å². The maximum absolute atomic E-state index is 12.1. The molecule has 6 nitrogen and oxygen atoms in total. The van der Waals surface area contributed by atoms with Crippen LogP contribution in [-0.2, 0) is 0 Å². The third kappa shape index (κ3) is 4.48. The maximum atomic E-state index is 12.1. The van der Waals surface area contributed by atoms with Gasteiger partial charge in [-0.25, -0.2) is 0 Å². The van der Waals surface area contributed by atoms with Crippen molar-refractivity contribution in [2.75, 3.05) is 44.2 Å². The van der Waals surface area contributed by atoms with E-state index in [2.05, 4.69) is 44.4 Å². The first-order valence-corrected chi connectivity index (χ1v) is 8.64. The first-order valence-electron chi connectivity index (χ1n) is 8.64. The van der Waals surface area contributed by atoms with Gasteiger partial charge >= 0.3 is 0 Å². The van der Waals surface area contributed by atoms with Gasteiger partial charge in [-0.05, 0) is 31.2 Å². The summed E-state index contributed by atoms with van der Waals surface area (Å²) in [4.78, 5) is 31.2. The van der Waals surface area contributed by atoms with E-state index in [1.165, 1.54) is 5.69 Å². The SMILES string of the molecule is Cc1ccc(C(=O)NCCN2CCN(c3ccccc3)CC2)c(=O)[nH]1. The molecule has 1 aliphatic heterocycles. The van der Waals surface area contributed by atoms with Crippen molar-refractivity contribution in [2.45, 2.75) is 6.92 Å². The molecule has 3 rings (SSSR count). The van der Waals surface area contributed by atoms with Gasteiger partial charge in [-0.1, -0.05) is 18.2 Å². The Labute approximate surface area is 147 Å².